The highest BCUT2D eigenvalue weighted by Gasteiger charge is 2.52. The van der Waals surface area contributed by atoms with E-state index < -0.39 is 17.4 Å². The fourth-order valence-corrected chi connectivity index (χ4v) is 3.38. The molecule has 6 heteroatoms. The highest BCUT2D eigenvalue weighted by Crippen LogP contribution is 2.39. The van der Waals surface area contributed by atoms with Gasteiger partial charge < -0.3 is 14.6 Å². The Morgan fingerprint density at radius 3 is 2.22 bits per heavy atom. The van der Waals surface area contributed by atoms with E-state index >= 15 is 0 Å². The van der Waals surface area contributed by atoms with Gasteiger partial charge in [0.15, 0.2) is 11.2 Å². The molecule has 0 aliphatic heterocycles. The summed E-state index contributed by atoms with van der Waals surface area (Å²) in [4.78, 5) is 36.9. The van der Waals surface area contributed by atoms with Gasteiger partial charge in [0.2, 0.25) is 0 Å². The van der Waals surface area contributed by atoms with Crippen LogP contribution in [0.3, 0.4) is 0 Å². The maximum Gasteiger partial charge on any atom is 0.324 e. The molecule has 1 atom stereocenters. The zero-order chi connectivity index (χ0) is 19.6. The van der Waals surface area contributed by atoms with E-state index in [1.54, 1.807) is 56.5 Å². The van der Waals surface area contributed by atoms with E-state index in [0.29, 0.717) is 22.4 Å². The minimum Gasteiger partial charge on any atom is -0.497 e. The number of carbonyl (C=O) groups is 3. The van der Waals surface area contributed by atoms with Crippen molar-refractivity contribution in [1.82, 2.24) is 0 Å². The number of esters is 1. The van der Waals surface area contributed by atoms with Gasteiger partial charge in [-0.3, -0.25) is 14.4 Å². The van der Waals surface area contributed by atoms with Crippen molar-refractivity contribution in [1.29, 1.82) is 0 Å². The number of rotatable bonds is 6. The van der Waals surface area contributed by atoms with Crippen LogP contribution in [0, 0.1) is 5.41 Å². The molecular formula is C21H20O6. The minimum absolute atomic E-state index is 0.0141. The number of carboxylic acids is 1. The van der Waals surface area contributed by atoms with Crippen molar-refractivity contribution in [2.45, 2.75) is 19.8 Å². The first-order valence-electron chi connectivity index (χ1n) is 8.62. The first kappa shape index (κ1) is 18.6. The number of ketones is 1. The van der Waals surface area contributed by atoms with E-state index in [9.17, 15) is 19.5 Å². The number of ether oxygens (including phenoxy) is 2. The van der Waals surface area contributed by atoms with Crippen molar-refractivity contribution in [2.75, 3.05) is 13.7 Å². The van der Waals surface area contributed by atoms with Crippen LogP contribution in [-0.2, 0) is 27.2 Å². The molecule has 0 aromatic heterocycles. The van der Waals surface area contributed by atoms with Crippen LogP contribution in [0.5, 0.6) is 5.75 Å². The molecule has 1 N–H and O–H groups in total. The van der Waals surface area contributed by atoms with Crippen molar-refractivity contribution in [2.24, 2.45) is 5.41 Å². The van der Waals surface area contributed by atoms with Crippen LogP contribution >= 0.6 is 0 Å². The Morgan fingerprint density at radius 1 is 1.00 bits per heavy atom. The Labute approximate surface area is 156 Å². The van der Waals surface area contributed by atoms with Crippen LogP contribution in [0.4, 0.5) is 0 Å². The summed E-state index contributed by atoms with van der Waals surface area (Å²) < 4.78 is 10.1. The molecule has 1 aliphatic rings. The van der Waals surface area contributed by atoms with Gasteiger partial charge in [0.1, 0.15) is 5.75 Å². The van der Waals surface area contributed by atoms with Gasteiger partial charge in [-0.15, -0.1) is 0 Å². The summed E-state index contributed by atoms with van der Waals surface area (Å²) in [5, 5.41) is 9.66. The Morgan fingerprint density at radius 2 is 1.63 bits per heavy atom. The minimum atomic E-state index is -1.62. The lowest BCUT2D eigenvalue weighted by molar-refractivity contribution is -0.167. The van der Waals surface area contributed by atoms with E-state index in [1.807, 2.05) is 0 Å². The third kappa shape index (κ3) is 3.30. The molecule has 1 unspecified atom stereocenters. The Kier molecular flexibility index (Phi) is 4.99. The van der Waals surface area contributed by atoms with Crippen molar-refractivity contribution in [3.63, 3.8) is 0 Å². The third-order valence-corrected chi connectivity index (χ3v) is 4.88. The van der Waals surface area contributed by atoms with Crippen LogP contribution in [0.2, 0.25) is 0 Å². The Hall–Kier alpha value is -3.15. The standard InChI is InChI=1S/C21H20O6/c1-3-27-20(25)21(19(23)24)11-15-5-4-14(10-16(15)12-21)18(22)13-6-8-17(26-2)9-7-13/h4-10H,3,11-12H2,1-2H3,(H,23,24). The molecule has 0 heterocycles. The highest BCUT2D eigenvalue weighted by atomic mass is 16.5. The van der Waals surface area contributed by atoms with Crippen molar-refractivity contribution in [3.05, 3.63) is 64.7 Å². The lowest BCUT2D eigenvalue weighted by Crippen LogP contribution is -2.41. The molecular weight excluding hydrogens is 348 g/mol. The third-order valence-electron chi connectivity index (χ3n) is 4.88. The molecule has 0 fully saturated rings. The van der Waals surface area contributed by atoms with E-state index in [-0.39, 0.29) is 25.2 Å². The molecule has 0 spiro atoms. The van der Waals surface area contributed by atoms with Crippen molar-refractivity contribution in [3.8, 4) is 5.75 Å². The van der Waals surface area contributed by atoms with E-state index in [2.05, 4.69) is 0 Å². The maximum atomic E-state index is 12.7. The van der Waals surface area contributed by atoms with Crippen LogP contribution < -0.4 is 4.74 Å². The van der Waals surface area contributed by atoms with Gasteiger partial charge in [-0.1, -0.05) is 12.1 Å². The monoisotopic (exact) mass is 368 g/mol. The van der Waals surface area contributed by atoms with Gasteiger partial charge in [-0.25, -0.2) is 0 Å². The molecule has 0 amide bonds. The van der Waals surface area contributed by atoms with E-state index in [0.717, 1.165) is 5.56 Å². The molecule has 140 valence electrons. The normalized spacial score (nSPS) is 17.9. The largest absolute Gasteiger partial charge is 0.497 e. The highest BCUT2D eigenvalue weighted by molar-refractivity contribution is 6.09. The van der Waals surface area contributed by atoms with Crippen LogP contribution in [-0.4, -0.2) is 36.5 Å². The van der Waals surface area contributed by atoms with E-state index in [1.165, 1.54) is 0 Å². The van der Waals surface area contributed by atoms with Gasteiger partial charge in [-0.05, 0) is 61.2 Å². The molecule has 3 rings (SSSR count). The number of benzene rings is 2. The van der Waals surface area contributed by atoms with Crippen LogP contribution in [0.25, 0.3) is 0 Å². The summed E-state index contributed by atoms with van der Waals surface area (Å²) in [6.07, 6.45) is 0.0771. The number of methoxy groups -OCH3 is 1. The number of carboxylic acid groups (broad SMARTS) is 1. The number of hydrogen-bond donors (Lipinski definition) is 1. The molecule has 2 aromatic rings. The first-order chi connectivity index (χ1) is 12.9. The summed E-state index contributed by atoms with van der Waals surface area (Å²) in [6.45, 7) is 1.76. The second kappa shape index (κ2) is 7.23. The van der Waals surface area contributed by atoms with Gasteiger partial charge in [-0.2, -0.15) is 0 Å². The maximum absolute atomic E-state index is 12.7. The summed E-state index contributed by atoms with van der Waals surface area (Å²) in [7, 11) is 1.55. The summed E-state index contributed by atoms with van der Waals surface area (Å²) >= 11 is 0. The fourth-order valence-electron chi connectivity index (χ4n) is 3.38. The first-order valence-corrected chi connectivity index (χ1v) is 8.62. The smallest absolute Gasteiger partial charge is 0.324 e. The van der Waals surface area contributed by atoms with Crippen molar-refractivity contribution >= 4 is 17.7 Å². The summed E-state index contributed by atoms with van der Waals surface area (Å²) in [5.41, 5.74) is 0.759. The SMILES string of the molecule is CCOC(=O)C1(C(=O)O)Cc2ccc(C(=O)c3ccc(OC)cc3)cc2C1. The number of carbonyl (C=O) groups excluding carboxylic acids is 2. The second-order valence-corrected chi connectivity index (χ2v) is 6.50. The lowest BCUT2D eigenvalue weighted by atomic mass is 9.85. The molecule has 2 aromatic carbocycles. The predicted molar refractivity (Wildman–Crippen MR) is 97.0 cm³/mol. The molecule has 0 saturated carbocycles. The topological polar surface area (TPSA) is 89.9 Å². The summed E-state index contributed by atoms with van der Waals surface area (Å²) in [6, 6.07) is 11.8. The lowest BCUT2D eigenvalue weighted by Gasteiger charge is -2.21. The molecule has 6 nitrogen and oxygen atoms in total. The van der Waals surface area contributed by atoms with Gasteiger partial charge in [0.05, 0.1) is 13.7 Å². The van der Waals surface area contributed by atoms with Crippen LogP contribution in [0.1, 0.15) is 34.0 Å². The zero-order valence-electron chi connectivity index (χ0n) is 15.2. The molecule has 0 saturated heterocycles. The van der Waals surface area contributed by atoms with Crippen LogP contribution in [0.15, 0.2) is 42.5 Å². The second-order valence-electron chi connectivity index (χ2n) is 6.50. The average Bonchev–Trinajstić information content (AvgIpc) is 3.08. The zero-order valence-corrected chi connectivity index (χ0v) is 15.2. The fraction of sp³-hybridized carbons (Fsp3) is 0.286. The average molecular weight is 368 g/mol. The number of fused-ring (bicyclic) bond motifs is 1. The number of aliphatic carboxylic acids is 1. The molecule has 27 heavy (non-hydrogen) atoms. The summed E-state index contributed by atoms with van der Waals surface area (Å²) in [5.74, 6) is -1.47. The molecule has 0 radical (unpaired) electrons. The van der Waals surface area contributed by atoms with Gasteiger partial charge in [0, 0.05) is 11.1 Å². The van der Waals surface area contributed by atoms with Gasteiger partial charge >= 0.3 is 11.9 Å². The Balaban J connectivity index is 1.90. The van der Waals surface area contributed by atoms with Crippen molar-refractivity contribution < 1.29 is 29.0 Å². The molecule has 0 bridgehead atoms. The van der Waals surface area contributed by atoms with Gasteiger partial charge in [0.25, 0.3) is 0 Å². The quantitative estimate of drug-likeness (QED) is 0.479. The Bertz CT molecular complexity index is 899. The molecule has 1 aliphatic carbocycles. The van der Waals surface area contributed by atoms with E-state index in [4.69, 9.17) is 9.47 Å². The predicted octanol–water partition coefficient (Wildman–Crippen LogP) is 2.66. The number of hydrogen-bond acceptors (Lipinski definition) is 5.